The lowest BCUT2D eigenvalue weighted by atomic mass is 9.96. The zero-order valence-electron chi connectivity index (χ0n) is 20.7. The number of amides is 1. The number of allylic oxidation sites excluding steroid dienone is 1. The number of aromatic hydroxyl groups is 1. The average Bonchev–Trinajstić information content (AvgIpc) is 3.34. The number of rotatable bonds is 7. The van der Waals surface area contributed by atoms with E-state index in [0.717, 1.165) is 66.1 Å². The standard InChI is InChI=1S/C30H32N4O2/c1-2-3-9-23-19-31-16-17-34(23)30(36)25-18-27(22-11-13-24(35)14-12-22)33-28-20-32-26(29(25)28)15-10-21-7-5-4-6-8-21/h4-8,10-15,18,23,31,35H,2-3,9,16-17,19-20H2,1H3/b15-10+/t23-/m1/s1. The third kappa shape index (κ3) is 5.09. The van der Waals surface area contributed by atoms with Crippen molar-refractivity contribution in [3.63, 3.8) is 0 Å². The summed E-state index contributed by atoms with van der Waals surface area (Å²) < 4.78 is 0. The highest BCUT2D eigenvalue weighted by Crippen LogP contribution is 2.30. The smallest absolute Gasteiger partial charge is 0.255 e. The zero-order valence-corrected chi connectivity index (χ0v) is 20.7. The molecule has 3 heterocycles. The summed E-state index contributed by atoms with van der Waals surface area (Å²) >= 11 is 0. The molecule has 2 aromatic carbocycles. The van der Waals surface area contributed by atoms with Crippen molar-refractivity contribution in [3.05, 3.63) is 89.1 Å². The maximum Gasteiger partial charge on any atom is 0.255 e. The van der Waals surface area contributed by atoms with Crippen molar-refractivity contribution in [3.8, 4) is 17.0 Å². The molecule has 6 heteroatoms. The molecule has 0 aliphatic carbocycles. The number of aliphatic imine (C=N–C) groups is 1. The van der Waals surface area contributed by atoms with Crippen molar-refractivity contribution in [2.75, 3.05) is 19.6 Å². The number of aromatic nitrogens is 1. The van der Waals surface area contributed by atoms with Gasteiger partial charge in [-0.1, -0.05) is 56.2 Å². The minimum Gasteiger partial charge on any atom is -0.508 e. The number of carbonyl (C=O) groups excluding carboxylic acids is 1. The number of nitrogens with one attached hydrogen (secondary N) is 1. The predicted molar refractivity (Wildman–Crippen MR) is 144 cm³/mol. The summed E-state index contributed by atoms with van der Waals surface area (Å²) in [6, 6.07) is 19.1. The van der Waals surface area contributed by atoms with Crippen LogP contribution in [0.3, 0.4) is 0 Å². The van der Waals surface area contributed by atoms with Crippen molar-refractivity contribution in [1.82, 2.24) is 15.2 Å². The Kier molecular flexibility index (Phi) is 7.23. The lowest BCUT2D eigenvalue weighted by Crippen LogP contribution is -2.53. The first-order valence-electron chi connectivity index (χ1n) is 12.8. The first kappa shape index (κ1) is 23.9. The maximum atomic E-state index is 14.1. The van der Waals surface area contributed by atoms with Gasteiger partial charge in [0.15, 0.2) is 0 Å². The van der Waals surface area contributed by atoms with Crippen molar-refractivity contribution < 1.29 is 9.90 Å². The average molecular weight is 481 g/mol. The molecule has 5 rings (SSSR count). The lowest BCUT2D eigenvalue weighted by Gasteiger charge is -2.37. The minimum absolute atomic E-state index is 0.0407. The monoisotopic (exact) mass is 480 g/mol. The Hall–Kier alpha value is -3.77. The number of fused-ring (bicyclic) bond motifs is 1. The van der Waals surface area contributed by atoms with E-state index in [-0.39, 0.29) is 17.7 Å². The van der Waals surface area contributed by atoms with Gasteiger partial charge in [0.05, 0.1) is 29.2 Å². The highest BCUT2D eigenvalue weighted by Gasteiger charge is 2.32. The number of unbranched alkanes of at least 4 members (excludes halogenated alkanes) is 1. The predicted octanol–water partition coefficient (Wildman–Crippen LogP) is 5.07. The Labute approximate surface area is 212 Å². The molecule has 2 aliphatic rings. The van der Waals surface area contributed by atoms with Crippen LogP contribution in [0, 0.1) is 0 Å². The number of benzene rings is 2. The Morgan fingerprint density at radius 2 is 1.94 bits per heavy atom. The Balaban J connectivity index is 1.56. The molecule has 1 saturated heterocycles. The fourth-order valence-electron chi connectivity index (χ4n) is 4.94. The summed E-state index contributed by atoms with van der Waals surface area (Å²) in [6.07, 6.45) is 7.21. The molecule has 1 amide bonds. The number of hydrogen-bond acceptors (Lipinski definition) is 5. The molecule has 36 heavy (non-hydrogen) atoms. The number of hydrogen-bond donors (Lipinski definition) is 2. The van der Waals surface area contributed by atoms with Gasteiger partial charge in [0.1, 0.15) is 5.75 Å². The molecule has 1 fully saturated rings. The van der Waals surface area contributed by atoms with Crippen LogP contribution < -0.4 is 5.32 Å². The van der Waals surface area contributed by atoms with Crippen molar-refractivity contribution in [1.29, 1.82) is 0 Å². The first-order valence-corrected chi connectivity index (χ1v) is 12.8. The largest absolute Gasteiger partial charge is 0.508 e. The van der Waals surface area contributed by atoms with Gasteiger partial charge in [0.2, 0.25) is 0 Å². The van der Waals surface area contributed by atoms with E-state index in [1.165, 1.54) is 0 Å². The summed E-state index contributed by atoms with van der Waals surface area (Å²) in [5.41, 5.74) is 5.76. The summed E-state index contributed by atoms with van der Waals surface area (Å²) in [6.45, 7) is 4.92. The fraction of sp³-hybridized carbons (Fsp3) is 0.300. The molecular weight excluding hydrogens is 448 g/mol. The Bertz CT molecular complexity index is 1280. The fourth-order valence-corrected chi connectivity index (χ4v) is 4.94. The van der Waals surface area contributed by atoms with Crippen LogP contribution in [-0.2, 0) is 6.54 Å². The molecule has 0 saturated carbocycles. The molecule has 2 N–H and O–H groups in total. The van der Waals surface area contributed by atoms with Crippen LogP contribution in [0.15, 0.2) is 71.7 Å². The number of nitrogens with zero attached hydrogens (tertiary/aromatic N) is 3. The third-order valence-electron chi connectivity index (χ3n) is 6.88. The van der Waals surface area contributed by atoms with Gasteiger partial charge in [-0.25, -0.2) is 0 Å². The second-order valence-corrected chi connectivity index (χ2v) is 9.37. The molecule has 0 radical (unpaired) electrons. The second-order valence-electron chi connectivity index (χ2n) is 9.37. The quantitative estimate of drug-likeness (QED) is 0.495. The molecule has 2 aliphatic heterocycles. The summed E-state index contributed by atoms with van der Waals surface area (Å²) in [4.78, 5) is 25.9. The van der Waals surface area contributed by atoms with Gasteiger partial charge in [-0.15, -0.1) is 0 Å². The highest BCUT2D eigenvalue weighted by atomic mass is 16.3. The second kappa shape index (κ2) is 10.9. The summed E-state index contributed by atoms with van der Waals surface area (Å²) in [5.74, 6) is 0.242. The summed E-state index contributed by atoms with van der Waals surface area (Å²) in [7, 11) is 0. The zero-order chi connectivity index (χ0) is 24.9. The van der Waals surface area contributed by atoms with Crippen LogP contribution in [-0.4, -0.2) is 52.3 Å². The molecule has 0 bridgehead atoms. The number of pyridine rings is 1. The number of piperazine rings is 1. The normalized spacial score (nSPS) is 17.3. The van der Waals surface area contributed by atoms with Gasteiger partial charge in [-0.2, -0.15) is 0 Å². The van der Waals surface area contributed by atoms with E-state index in [0.29, 0.717) is 18.7 Å². The molecule has 0 spiro atoms. The van der Waals surface area contributed by atoms with E-state index < -0.39 is 0 Å². The number of phenolic OH excluding ortho intramolecular Hbond substituents is 1. The van der Waals surface area contributed by atoms with Crippen LogP contribution in [0.1, 0.15) is 53.4 Å². The molecule has 0 unspecified atom stereocenters. The van der Waals surface area contributed by atoms with Crippen LogP contribution in [0.4, 0.5) is 0 Å². The molecule has 1 atom stereocenters. The SMILES string of the molecule is CCCC[C@@H]1CNCCN1C(=O)c1cc(-c2ccc(O)cc2)nc2c1C(/C=C/c1ccccc1)=NC2. The van der Waals surface area contributed by atoms with Crippen LogP contribution in [0.2, 0.25) is 0 Å². The van der Waals surface area contributed by atoms with E-state index in [1.807, 2.05) is 65.6 Å². The van der Waals surface area contributed by atoms with Gasteiger partial charge >= 0.3 is 0 Å². The molecule has 3 aromatic rings. The van der Waals surface area contributed by atoms with Gasteiger partial charge in [0.25, 0.3) is 5.91 Å². The summed E-state index contributed by atoms with van der Waals surface area (Å²) in [5, 5.41) is 13.2. The molecule has 1 aromatic heterocycles. The molecule has 6 nitrogen and oxygen atoms in total. The minimum atomic E-state index is 0.0407. The number of carbonyl (C=O) groups is 1. The van der Waals surface area contributed by atoms with Crippen molar-refractivity contribution >= 4 is 17.7 Å². The van der Waals surface area contributed by atoms with E-state index in [4.69, 9.17) is 9.98 Å². The van der Waals surface area contributed by atoms with Crippen molar-refractivity contribution in [2.24, 2.45) is 4.99 Å². The Morgan fingerprint density at radius 1 is 1.14 bits per heavy atom. The maximum absolute atomic E-state index is 14.1. The van der Waals surface area contributed by atoms with E-state index >= 15 is 0 Å². The van der Waals surface area contributed by atoms with Gasteiger partial charge in [-0.05, 0) is 48.4 Å². The first-order chi connectivity index (χ1) is 17.6. The topological polar surface area (TPSA) is 77.8 Å². The van der Waals surface area contributed by atoms with E-state index in [2.05, 4.69) is 12.2 Å². The van der Waals surface area contributed by atoms with Gasteiger partial charge < -0.3 is 15.3 Å². The third-order valence-corrected chi connectivity index (χ3v) is 6.88. The number of phenols is 1. The van der Waals surface area contributed by atoms with Crippen LogP contribution in [0.5, 0.6) is 5.75 Å². The lowest BCUT2D eigenvalue weighted by molar-refractivity contribution is 0.0622. The molecule has 184 valence electrons. The highest BCUT2D eigenvalue weighted by molar-refractivity contribution is 6.18. The van der Waals surface area contributed by atoms with E-state index in [1.54, 1.807) is 12.1 Å². The molecular formula is C30H32N4O2. The van der Waals surface area contributed by atoms with Crippen LogP contribution >= 0.6 is 0 Å². The Morgan fingerprint density at radius 3 is 2.72 bits per heavy atom. The van der Waals surface area contributed by atoms with Crippen LogP contribution in [0.25, 0.3) is 17.3 Å². The van der Waals surface area contributed by atoms with Gasteiger partial charge in [-0.3, -0.25) is 14.8 Å². The van der Waals surface area contributed by atoms with E-state index in [9.17, 15) is 9.90 Å². The van der Waals surface area contributed by atoms with Gasteiger partial charge in [0, 0.05) is 36.8 Å². The van der Waals surface area contributed by atoms with Crippen molar-refractivity contribution in [2.45, 2.75) is 38.8 Å².